The Kier molecular flexibility index (Phi) is 4.56. The van der Waals surface area contributed by atoms with Crippen molar-refractivity contribution in [2.45, 2.75) is 13.3 Å². The van der Waals surface area contributed by atoms with E-state index in [1.54, 1.807) is 15.9 Å². The van der Waals surface area contributed by atoms with Crippen LogP contribution in [0.2, 0.25) is 0 Å². The average molecular weight is 272 g/mol. The van der Waals surface area contributed by atoms with Gasteiger partial charge in [0.15, 0.2) is 0 Å². The predicted molar refractivity (Wildman–Crippen MR) is 78.5 cm³/mol. The molecule has 2 amide bonds. The number of amides is 2. The quantitative estimate of drug-likeness (QED) is 0.788. The van der Waals surface area contributed by atoms with Crippen LogP contribution >= 0.6 is 0 Å². The van der Waals surface area contributed by atoms with Gasteiger partial charge in [0.1, 0.15) is 0 Å². The van der Waals surface area contributed by atoms with E-state index in [4.69, 9.17) is 0 Å². The van der Waals surface area contributed by atoms with E-state index in [1.807, 2.05) is 31.2 Å². The Morgan fingerprint density at radius 1 is 1.30 bits per heavy atom. The van der Waals surface area contributed by atoms with Gasteiger partial charge in [0, 0.05) is 38.2 Å². The zero-order chi connectivity index (χ0) is 14.5. The van der Waals surface area contributed by atoms with Gasteiger partial charge in [-0.05, 0) is 18.6 Å². The summed E-state index contributed by atoms with van der Waals surface area (Å²) in [6.45, 7) is 7.77. The molecule has 1 fully saturated rings. The number of carbonyl (C=O) groups is 2. The van der Waals surface area contributed by atoms with Crippen LogP contribution in [0.15, 0.2) is 36.9 Å². The van der Waals surface area contributed by atoms with E-state index in [-0.39, 0.29) is 11.8 Å². The number of rotatable bonds is 3. The van der Waals surface area contributed by atoms with E-state index in [2.05, 4.69) is 6.58 Å². The Hall–Kier alpha value is -2.10. The molecule has 1 aromatic carbocycles. The molecule has 4 heteroatoms. The molecule has 0 bridgehead atoms. The fourth-order valence-electron chi connectivity index (χ4n) is 2.40. The first-order valence-corrected chi connectivity index (χ1v) is 6.87. The Balaban J connectivity index is 2.10. The summed E-state index contributed by atoms with van der Waals surface area (Å²) >= 11 is 0. The van der Waals surface area contributed by atoms with Crippen LogP contribution in [0, 0.1) is 6.92 Å². The standard InChI is InChI=1S/C16H20N2O2/c1-3-9-17-11-12-18(10-8-15(17)19)16(20)14-7-5-4-6-13(14)2/h3-7H,1,8-12H2,2H3. The fraction of sp³-hybridized carbons (Fsp3) is 0.375. The summed E-state index contributed by atoms with van der Waals surface area (Å²) in [5.41, 5.74) is 1.69. The number of hydrogen-bond donors (Lipinski definition) is 0. The van der Waals surface area contributed by atoms with Crippen molar-refractivity contribution in [1.82, 2.24) is 9.80 Å². The van der Waals surface area contributed by atoms with Gasteiger partial charge in [0.05, 0.1) is 0 Å². The Bertz CT molecular complexity index is 525. The molecule has 2 rings (SSSR count). The summed E-state index contributed by atoms with van der Waals surface area (Å²) in [5.74, 6) is 0.0985. The molecule has 1 aliphatic heterocycles. The lowest BCUT2D eigenvalue weighted by Gasteiger charge is -2.22. The lowest BCUT2D eigenvalue weighted by molar-refractivity contribution is -0.129. The van der Waals surface area contributed by atoms with Crippen molar-refractivity contribution in [3.05, 3.63) is 48.0 Å². The van der Waals surface area contributed by atoms with E-state index >= 15 is 0 Å². The average Bonchev–Trinajstić information content (AvgIpc) is 2.62. The molecular weight excluding hydrogens is 252 g/mol. The van der Waals surface area contributed by atoms with Crippen LogP contribution in [0.5, 0.6) is 0 Å². The van der Waals surface area contributed by atoms with Crippen LogP contribution < -0.4 is 0 Å². The second kappa shape index (κ2) is 6.37. The minimum Gasteiger partial charge on any atom is -0.337 e. The van der Waals surface area contributed by atoms with E-state index < -0.39 is 0 Å². The summed E-state index contributed by atoms with van der Waals surface area (Å²) in [6.07, 6.45) is 2.10. The number of nitrogens with zero attached hydrogens (tertiary/aromatic N) is 2. The molecule has 0 aromatic heterocycles. The molecule has 0 N–H and O–H groups in total. The van der Waals surface area contributed by atoms with Crippen LogP contribution in [-0.2, 0) is 4.79 Å². The summed E-state index contributed by atoms with van der Waals surface area (Å²) in [6, 6.07) is 7.56. The maximum atomic E-state index is 12.5. The Morgan fingerprint density at radius 3 is 2.75 bits per heavy atom. The molecular formula is C16H20N2O2. The van der Waals surface area contributed by atoms with Crippen molar-refractivity contribution in [3.8, 4) is 0 Å². The topological polar surface area (TPSA) is 40.6 Å². The van der Waals surface area contributed by atoms with Crippen molar-refractivity contribution in [2.24, 2.45) is 0 Å². The summed E-state index contributed by atoms with van der Waals surface area (Å²) in [5, 5.41) is 0. The molecule has 20 heavy (non-hydrogen) atoms. The number of carbonyl (C=O) groups excluding carboxylic acids is 2. The normalized spacial score (nSPS) is 15.9. The van der Waals surface area contributed by atoms with Crippen molar-refractivity contribution in [3.63, 3.8) is 0 Å². The fourth-order valence-corrected chi connectivity index (χ4v) is 2.40. The van der Waals surface area contributed by atoms with Crippen LogP contribution in [-0.4, -0.2) is 47.8 Å². The largest absolute Gasteiger partial charge is 0.337 e. The molecule has 0 unspecified atom stereocenters. The zero-order valence-corrected chi connectivity index (χ0v) is 11.8. The monoisotopic (exact) mass is 272 g/mol. The van der Waals surface area contributed by atoms with Crippen molar-refractivity contribution in [1.29, 1.82) is 0 Å². The third-order valence-corrected chi connectivity index (χ3v) is 3.60. The molecule has 4 nitrogen and oxygen atoms in total. The van der Waals surface area contributed by atoms with E-state index in [0.717, 1.165) is 11.1 Å². The molecule has 0 saturated carbocycles. The highest BCUT2D eigenvalue weighted by atomic mass is 16.2. The molecule has 1 aromatic rings. The number of benzene rings is 1. The van der Waals surface area contributed by atoms with Gasteiger partial charge < -0.3 is 9.80 Å². The maximum Gasteiger partial charge on any atom is 0.254 e. The van der Waals surface area contributed by atoms with Crippen LogP contribution in [0.25, 0.3) is 0 Å². The second-order valence-electron chi connectivity index (χ2n) is 4.99. The van der Waals surface area contributed by atoms with Crippen molar-refractivity contribution < 1.29 is 9.59 Å². The lowest BCUT2D eigenvalue weighted by Crippen LogP contribution is -2.36. The first-order chi connectivity index (χ1) is 9.63. The van der Waals surface area contributed by atoms with Gasteiger partial charge in [0.25, 0.3) is 5.91 Å². The minimum atomic E-state index is 0.0105. The van der Waals surface area contributed by atoms with Gasteiger partial charge in [-0.25, -0.2) is 0 Å². The van der Waals surface area contributed by atoms with Crippen molar-refractivity contribution >= 4 is 11.8 Å². The second-order valence-corrected chi connectivity index (χ2v) is 4.99. The number of hydrogen-bond acceptors (Lipinski definition) is 2. The number of aryl methyl sites for hydroxylation is 1. The minimum absolute atomic E-state index is 0.0105. The van der Waals surface area contributed by atoms with E-state index in [9.17, 15) is 9.59 Å². The van der Waals surface area contributed by atoms with Gasteiger partial charge in [-0.15, -0.1) is 6.58 Å². The summed E-state index contributed by atoms with van der Waals surface area (Å²) in [4.78, 5) is 28.0. The first kappa shape index (κ1) is 14.3. The highest BCUT2D eigenvalue weighted by molar-refractivity contribution is 5.96. The van der Waals surface area contributed by atoms with E-state index in [1.165, 1.54) is 0 Å². The predicted octanol–water partition coefficient (Wildman–Crippen LogP) is 1.86. The summed E-state index contributed by atoms with van der Waals surface area (Å²) in [7, 11) is 0. The molecule has 1 saturated heterocycles. The lowest BCUT2D eigenvalue weighted by atomic mass is 10.1. The molecule has 1 aliphatic rings. The molecule has 0 spiro atoms. The first-order valence-electron chi connectivity index (χ1n) is 6.87. The third kappa shape index (κ3) is 3.07. The maximum absolute atomic E-state index is 12.5. The molecule has 0 aliphatic carbocycles. The van der Waals surface area contributed by atoms with Gasteiger partial charge in [-0.1, -0.05) is 24.3 Å². The Morgan fingerprint density at radius 2 is 2.05 bits per heavy atom. The van der Waals surface area contributed by atoms with Crippen LogP contribution in [0.1, 0.15) is 22.3 Å². The molecule has 106 valence electrons. The van der Waals surface area contributed by atoms with E-state index in [0.29, 0.717) is 32.6 Å². The molecule has 0 radical (unpaired) electrons. The van der Waals surface area contributed by atoms with Gasteiger partial charge in [-0.2, -0.15) is 0 Å². The van der Waals surface area contributed by atoms with Gasteiger partial charge in [-0.3, -0.25) is 9.59 Å². The highest BCUT2D eigenvalue weighted by Gasteiger charge is 2.24. The summed E-state index contributed by atoms with van der Waals surface area (Å²) < 4.78 is 0. The van der Waals surface area contributed by atoms with Gasteiger partial charge >= 0.3 is 0 Å². The third-order valence-electron chi connectivity index (χ3n) is 3.60. The SMILES string of the molecule is C=CCN1CCN(C(=O)c2ccccc2C)CCC1=O. The smallest absolute Gasteiger partial charge is 0.254 e. The van der Waals surface area contributed by atoms with Gasteiger partial charge in [0.2, 0.25) is 5.91 Å². The van der Waals surface area contributed by atoms with Crippen LogP contribution in [0.3, 0.4) is 0 Å². The highest BCUT2D eigenvalue weighted by Crippen LogP contribution is 2.13. The van der Waals surface area contributed by atoms with Crippen LogP contribution in [0.4, 0.5) is 0 Å². The Labute approximate surface area is 119 Å². The molecule has 0 atom stereocenters. The zero-order valence-electron chi connectivity index (χ0n) is 11.8. The molecule has 1 heterocycles. The van der Waals surface area contributed by atoms with Crippen molar-refractivity contribution in [2.75, 3.05) is 26.2 Å².